The largest absolute Gasteiger partial charge is 0.472 e. The van der Waals surface area contributed by atoms with Crippen molar-refractivity contribution in [3.05, 3.63) is 59.8 Å². The van der Waals surface area contributed by atoms with E-state index in [-0.39, 0.29) is 24.1 Å². The van der Waals surface area contributed by atoms with Crippen LogP contribution in [0.15, 0.2) is 42.9 Å². The maximum absolute atomic E-state index is 14.0. The zero-order chi connectivity index (χ0) is 22.4. The monoisotopic (exact) mass is 432 g/mol. The van der Waals surface area contributed by atoms with Crippen LogP contribution in [0.3, 0.4) is 0 Å². The molecule has 0 radical (unpaired) electrons. The highest BCUT2D eigenvalue weighted by Crippen LogP contribution is 2.47. The summed E-state index contributed by atoms with van der Waals surface area (Å²) in [5.74, 6) is 1.26. The van der Waals surface area contributed by atoms with Crippen LogP contribution in [0.25, 0.3) is 5.69 Å². The Labute approximate surface area is 187 Å². The van der Waals surface area contributed by atoms with Gasteiger partial charge in [-0.25, -0.2) is 9.97 Å². The second-order valence-corrected chi connectivity index (χ2v) is 9.21. The first-order valence-electron chi connectivity index (χ1n) is 11.2. The molecule has 1 saturated heterocycles. The molecule has 1 amide bonds. The van der Waals surface area contributed by atoms with Gasteiger partial charge in [-0.3, -0.25) is 4.79 Å². The number of likely N-dealkylation sites (tertiary alicyclic amines) is 1. The standard InChI is InChI=1S/C24H28N6O2/c1-14(2)23-17-11-19(20(12-17)32-21-8-5-15(3)13-25-21)29(23)24(31)22-18(7-6-16(4)28-22)30-26-9-10-27-30/h5-10,13-14,17,19-20,23H,11-12H2,1-4H3. The van der Waals surface area contributed by atoms with E-state index < -0.39 is 0 Å². The molecule has 2 aliphatic rings. The zero-order valence-corrected chi connectivity index (χ0v) is 18.8. The third-order valence-electron chi connectivity index (χ3n) is 6.59. The molecule has 166 valence electrons. The van der Waals surface area contributed by atoms with Gasteiger partial charge in [0.15, 0.2) is 5.69 Å². The molecule has 4 atom stereocenters. The highest BCUT2D eigenvalue weighted by molar-refractivity contribution is 5.96. The Morgan fingerprint density at radius 3 is 2.56 bits per heavy atom. The number of piperidine rings is 1. The molecule has 4 unspecified atom stereocenters. The number of carbonyl (C=O) groups is 1. The number of amides is 1. The van der Waals surface area contributed by atoms with Gasteiger partial charge in [-0.2, -0.15) is 10.2 Å². The minimum atomic E-state index is -0.0858. The van der Waals surface area contributed by atoms with Gasteiger partial charge in [-0.1, -0.05) is 19.9 Å². The number of hydrogen-bond donors (Lipinski definition) is 0. The van der Waals surface area contributed by atoms with Gasteiger partial charge in [0.1, 0.15) is 11.8 Å². The summed E-state index contributed by atoms with van der Waals surface area (Å²) in [5.41, 5.74) is 2.85. The van der Waals surface area contributed by atoms with E-state index in [1.54, 1.807) is 12.4 Å². The summed E-state index contributed by atoms with van der Waals surface area (Å²) in [6.45, 7) is 8.26. The predicted molar refractivity (Wildman–Crippen MR) is 119 cm³/mol. The minimum absolute atomic E-state index is 0.0104. The number of aromatic nitrogens is 5. The molecule has 1 saturated carbocycles. The van der Waals surface area contributed by atoms with Crippen molar-refractivity contribution in [3.8, 4) is 11.6 Å². The van der Waals surface area contributed by atoms with Crippen LogP contribution in [0, 0.1) is 25.7 Å². The summed E-state index contributed by atoms with van der Waals surface area (Å²) < 4.78 is 6.28. The van der Waals surface area contributed by atoms with E-state index in [2.05, 4.69) is 34.0 Å². The van der Waals surface area contributed by atoms with Gasteiger partial charge >= 0.3 is 0 Å². The van der Waals surface area contributed by atoms with Crippen LogP contribution in [-0.2, 0) is 0 Å². The summed E-state index contributed by atoms with van der Waals surface area (Å²) in [6.07, 6.45) is 6.80. The van der Waals surface area contributed by atoms with Gasteiger partial charge in [0, 0.05) is 24.0 Å². The SMILES string of the molecule is Cc1ccc(OC2CC3CC2N(C(=O)c2nc(C)ccc2-n2nccn2)C3C(C)C)nc1. The molecule has 8 nitrogen and oxygen atoms in total. The molecule has 32 heavy (non-hydrogen) atoms. The number of aryl methyl sites for hydroxylation is 2. The molecule has 2 bridgehead atoms. The molecule has 3 aromatic rings. The maximum Gasteiger partial charge on any atom is 0.275 e. The number of fused-ring (bicyclic) bond motifs is 2. The Morgan fingerprint density at radius 1 is 1.09 bits per heavy atom. The number of ether oxygens (including phenoxy) is 1. The quantitative estimate of drug-likeness (QED) is 0.614. The van der Waals surface area contributed by atoms with Crippen molar-refractivity contribution in [2.45, 2.75) is 58.7 Å². The van der Waals surface area contributed by atoms with Gasteiger partial charge in [0.2, 0.25) is 5.88 Å². The van der Waals surface area contributed by atoms with Gasteiger partial charge in [0.25, 0.3) is 5.91 Å². The Kier molecular flexibility index (Phi) is 5.15. The van der Waals surface area contributed by atoms with Crippen LogP contribution in [0.2, 0.25) is 0 Å². The smallest absolute Gasteiger partial charge is 0.275 e. The third kappa shape index (κ3) is 3.53. The van der Waals surface area contributed by atoms with E-state index in [9.17, 15) is 4.79 Å². The summed E-state index contributed by atoms with van der Waals surface area (Å²) in [7, 11) is 0. The van der Waals surface area contributed by atoms with Crippen molar-refractivity contribution in [2.24, 2.45) is 11.8 Å². The normalized spacial score (nSPS) is 24.3. The van der Waals surface area contributed by atoms with Crippen LogP contribution in [-0.4, -0.2) is 54.0 Å². The van der Waals surface area contributed by atoms with Gasteiger partial charge in [0.05, 0.1) is 18.4 Å². The first kappa shape index (κ1) is 20.6. The Morgan fingerprint density at radius 2 is 1.88 bits per heavy atom. The third-order valence-corrected chi connectivity index (χ3v) is 6.59. The number of nitrogens with zero attached hydrogens (tertiary/aromatic N) is 6. The molecule has 0 spiro atoms. The Bertz CT molecular complexity index is 1110. The summed E-state index contributed by atoms with van der Waals surface area (Å²) in [4.78, 5) is 26.5. The van der Waals surface area contributed by atoms with Crippen molar-refractivity contribution in [1.82, 2.24) is 29.9 Å². The number of pyridine rings is 2. The zero-order valence-electron chi connectivity index (χ0n) is 18.8. The highest BCUT2D eigenvalue weighted by Gasteiger charge is 2.55. The Balaban J connectivity index is 1.49. The van der Waals surface area contributed by atoms with Crippen molar-refractivity contribution < 1.29 is 9.53 Å². The first-order chi connectivity index (χ1) is 15.4. The van der Waals surface area contributed by atoms with E-state index in [0.717, 1.165) is 24.1 Å². The number of rotatable bonds is 5. The first-order valence-corrected chi connectivity index (χ1v) is 11.2. The average Bonchev–Trinajstić information content (AvgIpc) is 3.51. The van der Waals surface area contributed by atoms with Gasteiger partial charge in [-0.05, 0) is 56.2 Å². The van der Waals surface area contributed by atoms with Crippen molar-refractivity contribution in [2.75, 3.05) is 0 Å². The molecule has 2 fully saturated rings. The number of carbonyl (C=O) groups excluding carboxylic acids is 1. The summed E-state index contributed by atoms with van der Waals surface area (Å²) in [5, 5.41) is 8.46. The van der Waals surface area contributed by atoms with Gasteiger partial charge in [-0.15, -0.1) is 4.80 Å². The van der Waals surface area contributed by atoms with E-state index in [0.29, 0.717) is 29.1 Å². The molecule has 0 N–H and O–H groups in total. The van der Waals surface area contributed by atoms with Gasteiger partial charge < -0.3 is 9.64 Å². The topological polar surface area (TPSA) is 86.0 Å². The summed E-state index contributed by atoms with van der Waals surface area (Å²) >= 11 is 0. The lowest BCUT2D eigenvalue weighted by Crippen LogP contribution is -2.54. The minimum Gasteiger partial charge on any atom is -0.472 e. The number of hydrogen-bond acceptors (Lipinski definition) is 6. The molecule has 8 heteroatoms. The fourth-order valence-electron chi connectivity index (χ4n) is 5.32. The van der Waals surface area contributed by atoms with Crippen LogP contribution < -0.4 is 4.74 Å². The van der Waals surface area contributed by atoms with E-state index in [1.807, 2.05) is 49.2 Å². The van der Waals surface area contributed by atoms with Crippen LogP contribution >= 0.6 is 0 Å². The average molecular weight is 433 g/mol. The highest BCUT2D eigenvalue weighted by atomic mass is 16.5. The lowest BCUT2D eigenvalue weighted by molar-refractivity contribution is 0.0178. The fraction of sp³-hybridized carbons (Fsp3) is 0.458. The van der Waals surface area contributed by atoms with Crippen LogP contribution in [0.5, 0.6) is 5.88 Å². The van der Waals surface area contributed by atoms with E-state index in [4.69, 9.17) is 4.74 Å². The predicted octanol–water partition coefficient (Wildman–Crippen LogP) is 3.38. The van der Waals surface area contributed by atoms with E-state index in [1.165, 1.54) is 4.80 Å². The second kappa shape index (κ2) is 8.00. The lowest BCUT2D eigenvalue weighted by Gasteiger charge is -2.41. The van der Waals surface area contributed by atoms with Crippen LogP contribution in [0.1, 0.15) is 48.4 Å². The molecular weight excluding hydrogens is 404 g/mol. The van der Waals surface area contributed by atoms with Crippen molar-refractivity contribution >= 4 is 5.91 Å². The molecule has 1 aliphatic carbocycles. The van der Waals surface area contributed by atoms with Crippen molar-refractivity contribution in [1.29, 1.82) is 0 Å². The van der Waals surface area contributed by atoms with Crippen LogP contribution in [0.4, 0.5) is 0 Å². The second-order valence-electron chi connectivity index (χ2n) is 9.21. The summed E-state index contributed by atoms with van der Waals surface area (Å²) in [6, 6.07) is 7.77. The Hall–Kier alpha value is -3.29. The van der Waals surface area contributed by atoms with Crippen molar-refractivity contribution in [3.63, 3.8) is 0 Å². The molecule has 4 heterocycles. The molecule has 5 rings (SSSR count). The lowest BCUT2D eigenvalue weighted by atomic mass is 9.88. The van der Waals surface area contributed by atoms with E-state index >= 15 is 0 Å². The fourth-order valence-corrected chi connectivity index (χ4v) is 5.32. The molecular formula is C24H28N6O2. The molecule has 3 aromatic heterocycles. The molecule has 1 aliphatic heterocycles. The molecule has 0 aromatic carbocycles. The maximum atomic E-state index is 14.0.